The number of nitrogens with zero attached hydrogens (tertiary/aromatic N) is 1. The van der Waals surface area contributed by atoms with Crippen molar-refractivity contribution in [2.75, 3.05) is 11.5 Å². The van der Waals surface area contributed by atoms with Gasteiger partial charge in [0, 0.05) is 15.6 Å². The van der Waals surface area contributed by atoms with Crippen LogP contribution in [0.5, 0.6) is 11.5 Å². The number of para-hydroxylation sites is 1. The van der Waals surface area contributed by atoms with Gasteiger partial charge in [-0.3, -0.25) is 14.9 Å². The molecule has 3 aromatic carbocycles. The van der Waals surface area contributed by atoms with Crippen LogP contribution in [0.25, 0.3) is 6.08 Å². The van der Waals surface area contributed by atoms with Crippen molar-refractivity contribution in [1.29, 1.82) is 0 Å². The molecule has 0 spiro atoms. The van der Waals surface area contributed by atoms with Crippen molar-refractivity contribution >= 4 is 64.4 Å². The Morgan fingerprint density at radius 1 is 0.973 bits per heavy atom. The largest absolute Gasteiger partial charge is 0.490 e. The molecule has 11 heteroatoms. The quantitative estimate of drug-likeness (QED) is 0.265. The molecular weight excluding hydrogens is 546 g/mol. The third kappa shape index (κ3) is 5.72. The number of imide groups is 2. The number of rotatable bonds is 7. The standard InChI is InChI=1S/C26H18Cl3FN2O5/c1-2-36-22-11-14(10-19(29)23(22)37-13-15-7-8-16(27)12-18(15)28)9-17-24(33)31-26(35)32(25(17)34)21-6-4-3-5-20(21)30/h3-12H,2,13H2,1H3,(H,31,33,35)/b17-9-. The Balaban J connectivity index is 1.67. The first-order valence-corrected chi connectivity index (χ1v) is 12.0. The molecule has 0 bridgehead atoms. The summed E-state index contributed by atoms with van der Waals surface area (Å²) in [5.41, 5.74) is 0.286. The normalized spacial score (nSPS) is 14.7. The van der Waals surface area contributed by atoms with Crippen LogP contribution in [0.2, 0.25) is 15.1 Å². The zero-order chi connectivity index (χ0) is 26.7. The third-order valence-electron chi connectivity index (χ3n) is 5.22. The van der Waals surface area contributed by atoms with Crippen molar-refractivity contribution in [2.45, 2.75) is 13.5 Å². The molecule has 0 aromatic heterocycles. The Labute approximate surface area is 226 Å². The molecule has 0 aliphatic carbocycles. The first-order chi connectivity index (χ1) is 17.7. The monoisotopic (exact) mass is 562 g/mol. The SMILES string of the molecule is CCOc1cc(/C=C2/C(=O)NC(=O)N(c3ccccc3F)C2=O)cc(Cl)c1OCc1ccc(Cl)cc1Cl. The van der Waals surface area contributed by atoms with Crippen LogP contribution in [-0.4, -0.2) is 24.5 Å². The molecule has 0 saturated carbocycles. The first-order valence-electron chi connectivity index (χ1n) is 10.9. The van der Waals surface area contributed by atoms with Crippen molar-refractivity contribution in [3.05, 3.63) is 92.2 Å². The highest BCUT2D eigenvalue weighted by Crippen LogP contribution is 2.38. The predicted molar refractivity (Wildman–Crippen MR) is 139 cm³/mol. The summed E-state index contributed by atoms with van der Waals surface area (Å²) in [4.78, 5) is 38.5. The summed E-state index contributed by atoms with van der Waals surface area (Å²) < 4.78 is 25.8. The zero-order valence-electron chi connectivity index (χ0n) is 19.2. The average molecular weight is 564 g/mol. The van der Waals surface area contributed by atoms with Gasteiger partial charge in [-0.15, -0.1) is 0 Å². The molecule has 1 heterocycles. The lowest BCUT2D eigenvalue weighted by Crippen LogP contribution is -2.54. The molecule has 1 aliphatic rings. The van der Waals surface area contributed by atoms with Crippen molar-refractivity contribution in [3.63, 3.8) is 0 Å². The van der Waals surface area contributed by atoms with E-state index in [0.717, 1.165) is 6.07 Å². The van der Waals surface area contributed by atoms with Crippen LogP contribution in [0.1, 0.15) is 18.1 Å². The molecule has 1 N–H and O–H groups in total. The lowest BCUT2D eigenvalue weighted by atomic mass is 10.1. The highest BCUT2D eigenvalue weighted by molar-refractivity contribution is 6.39. The second-order valence-corrected chi connectivity index (χ2v) is 8.95. The molecule has 4 amide bonds. The van der Waals surface area contributed by atoms with Crippen LogP contribution in [0.15, 0.2) is 60.2 Å². The molecule has 1 saturated heterocycles. The Hall–Kier alpha value is -3.59. The summed E-state index contributed by atoms with van der Waals surface area (Å²) in [5.74, 6) is -2.26. The number of ether oxygens (including phenoxy) is 2. The van der Waals surface area contributed by atoms with Crippen LogP contribution < -0.4 is 19.7 Å². The Bertz CT molecular complexity index is 1440. The maximum Gasteiger partial charge on any atom is 0.336 e. The fourth-order valence-electron chi connectivity index (χ4n) is 3.54. The van der Waals surface area contributed by atoms with Crippen LogP contribution >= 0.6 is 34.8 Å². The fourth-order valence-corrected chi connectivity index (χ4v) is 4.28. The van der Waals surface area contributed by atoms with Crippen molar-refractivity contribution in [3.8, 4) is 11.5 Å². The van der Waals surface area contributed by atoms with Gasteiger partial charge in [-0.05, 0) is 55.0 Å². The zero-order valence-corrected chi connectivity index (χ0v) is 21.5. The Morgan fingerprint density at radius 3 is 2.43 bits per heavy atom. The lowest BCUT2D eigenvalue weighted by molar-refractivity contribution is -0.122. The number of hydrogen-bond acceptors (Lipinski definition) is 5. The van der Waals surface area contributed by atoms with E-state index in [0.29, 0.717) is 26.1 Å². The number of carbonyl (C=O) groups is 3. The van der Waals surface area contributed by atoms with Gasteiger partial charge in [0.25, 0.3) is 11.8 Å². The summed E-state index contributed by atoms with van der Waals surface area (Å²) in [5, 5.41) is 3.08. The number of hydrogen-bond donors (Lipinski definition) is 1. The topological polar surface area (TPSA) is 84.9 Å². The number of anilines is 1. The number of urea groups is 1. The van der Waals surface area contributed by atoms with E-state index < -0.39 is 29.2 Å². The summed E-state index contributed by atoms with van der Waals surface area (Å²) in [6, 6.07) is 12.1. The molecule has 37 heavy (non-hydrogen) atoms. The molecule has 1 aliphatic heterocycles. The maximum absolute atomic E-state index is 14.3. The summed E-state index contributed by atoms with van der Waals surface area (Å²) >= 11 is 18.6. The minimum atomic E-state index is -1.06. The lowest BCUT2D eigenvalue weighted by Gasteiger charge is -2.26. The molecule has 0 unspecified atom stereocenters. The van der Waals surface area contributed by atoms with E-state index in [-0.39, 0.29) is 35.4 Å². The third-order valence-corrected chi connectivity index (χ3v) is 6.09. The van der Waals surface area contributed by atoms with Gasteiger partial charge in [0.1, 0.15) is 18.0 Å². The van der Waals surface area contributed by atoms with E-state index in [1.54, 1.807) is 25.1 Å². The van der Waals surface area contributed by atoms with Crippen LogP contribution in [0.3, 0.4) is 0 Å². The van der Waals surface area contributed by atoms with Gasteiger partial charge in [-0.1, -0.05) is 53.0 Å². The number of nitrogens with one attached hydrogen (secondary N) is 1. The summed E-state index contributed by atoms with van der Waals surface area (Å²) in [6.45, 7) is 2.09. The minimum Gasteiger partial charge on any atom is -0.490 e. The Morgan fingerprint density at radius 2 is 1.73 bits per heavy atom. The van der Waals surface area contributed by atoms with Gasteiger partial charge in [0.15, 0.2) is 11.5 Å². The van der Waals surface area contributed by atoms with Gasteiger partial charge in [0.2, 0.25) is 0 Å². The van der Waals surface area contributed by atoms with Gasteiger partial charge in [-0.2, -0.15) is 0 Å². The average Bonchev–Trinajstić information content (AvgIpc) is 2.83. The van der Waals surface area contributed by atoms with E-state index >= 15 is 0 Å². The molecule has 0 radical (unpaired) electrons. The van der Waals surface area contributed by atoms with Crippen LogP contribution in [0.4, 0.5) is 14.9 Å². The molecule has 0 atom stereocenters. The van der Waals surface area contributed by atoms with Crippen molar-refractivity contribution in [2.24, 2.45) is 0 Å². The number of benzene rings is 3. The molecule has 7 nitrogen and oxygen atoms in total. The van der Waals surface area contributed by atoms with Crippen molar-refractivity contribution in [1.82, 2.24) is 5.32 Å². The van der Waals surface area contributed by atoms with Crippen LogP contribution in [0, 0.1) is 5.82 Å². The van der Waals surface area contributed by atoms with Gasteiger partial charge in [0.05, 0.1) is 17.3 Å². The van der Waals surface area contributed by atoms with Gasteiger partial charge < -0.3 is 9.47 Å². The predicted octanol–water partition coefficient (Wildman–Crippen LogP) is 6.43. The molecule has 190 valence electrons. The smallest absolute Gasteiger partial charge is 0.336 e. The van der Waals surface area contributed by atoms with Gasteiger partial charge >= 0.3 is 6.03 Å². The molecule has 1 fully saturated rings. The van der Waals surface area contributed by atoms with E-state index in [1.165, 1.54) is 36.4 Å². The summed E-state index contributed by atoms with van der Waals surface area (Å²) in [7, 11) is 0. The minimum absolute atomic E-state index is 0.0663. The van der Waals surface area contributed by atoms with Crippen LogP contribution in [-0.2, 0) is 16.2 Å². The summed E-state index contributed by atoms with van der Waals surface area (Å²) in [6.07, 6.45) is 1.23. The first kappa shape index (κ1) is 26.5. The number of amides is 4. The highest BCUT2D eigenvalue weighted by atomic mass is 35.5. The van der Waals surface area contributed by atoms with E-state index in [1.807, 2.05) is 0 Å². The number of halogens is 4. The molecule has 3 aromatic rings. The van der Waals surface area contributed by atoms with E-state index in [4.69, 9.17) is 44.3 Å². The second kappa shape index (κ2) is 11.2. The number of barbiturate groups is 1. The van der Waals surface area contributed by atoms with E-state index in [9.17, 15) is 18.8 Å². The number of carbonyl (C=O) groups excluding carboxylic acids is 3. The molecule has 4 rings (SSSR count). The second-order valence-electron chi connectivity index (χ2n) is 7.70. The highest BCUT2D eigenvalue weighted by Gasteiger charge is 2.38. The van der Waals surface area contributed by atoms with E-state index in [2.05, 4.69) is 5.32 Å². The Kier molecular flexibility index (Phi) is 8.02. The maximum atomic E-state index is 14.3. The van der Waals surface area contributed by atoms with Gasteiger partial charge in [-0.25, -0.2) is 14.1 Å². The fraction of sp³-hybridized carbons (Fsp3) is 0.115. The van der Waals surface area contributed by atoms with Crippen molar-refractivity contribution < 1.29 is 28.2 Å². The molecular formula is C26H18Cl3FN2O5.